The Morgan fingerprint density at radius 1 is 0.857 bits per heavy atom. The Labute approximate surface area is 129 Å². The molecule has 0 aliphatic heterocycles. The molecule has 7 heteroatoms. The van der Waals surface area contributed by atoms with Gasteiger partial charge in [0.1, 0.15) is 5.82 Å². The van der Waals surface area contributed by atoms with E-state index in [1.807, 2.05) is 0 Å². The van der Waals surface area contributed by atoms with Gasteiger partial charge in [-0.2, -0.15) is 0 Å². The zero-order valence-corrected chi connectivity index (χ0v) is 11.9. The van der Waals surface area contributed by atoms with Gasteiger partial charge in [0.25, 0.3) is 11.8 Å². The van der Waals surface area contributed by atoms with Crippen LogP contribution in [0.15, 0.2) is 52.7 Å². The first kappa shape index (κ1) is 15.3. The van der Waals surface area contributed by atoms with Crippen molar-refractivity contribution in [3.63, 3.8) is 0 Å². The first-order valence-electron chi connectivity index (χ1n) is 5.69. The van der Waals surface area contributed by atoms with Gasteiger partial charge < -0.3 is 0 Å². The molecule has 0 saturated heterocycles. The molecule has 2 rings (SSSR count). The third-order valence-electron chi connectivity index (χ3n) is 2.51. The summed E-state index contributed by atoms with van der Waals surface area (Å²) in [6, 6.07) is 9.71. The highest BCUT2D eigenvalue weighted by Crippen LogP contribution is 2.25. The molecule has 2 amide bonds. The predicted octanol–water partition coefficient (Wildman–Crippen LogP) is 4.57. The lowest BCUT2D eigenvalue weighted by molar-refractivity contribution is 0.0944. The predicted molar refractivity (Wildman–Crippen MR) is 76.4 cm³/mol. The number of carbonyl (C=O) groups is 2. The Bertz CT molecular complexity index is 727. The minimum absolute atomic E-state index is 0.0640. The fourth-order valence-corrected chi connectivity index (χ4v) is 2.09. The van der Waals surface area contributed by atoms with Crippen LogP contribution in [0.1, 0.15) is 20.7 Å². The first-order chi connectivity index (χ1) is 10.0. The molecule has 2 aromatic carbocycles. The number of azo groups is 1. The third-order valence-corrected chi connectivity index (χ3v) is 3.14. The van der Waals surface area contributed by atoms with Crippen LogP contribution in [0.25, 0.3) is 0 Å². The van der Waals surface area contributed by atoms with E-state index in [2.05, 4.69) is 10.2 Å². The summed E-state index contributed by atoms with van der Waals surface area (Å²) in [4.78, 5) is 23.5. The number of halogens is 3. The van der Waals surface area contributed by atoms with Crippen molar-refractivity contribution in [3.8, 4) is 0 Å². The van der Waals surface area contributed by atoms with Crippen molar-refractivity contribution >= 4 is 35.0 Å². The highest BCUT2D eigenvalue weighted by atomic mass is 35.5. The number of hydrogen-bond donors (Lipinski definition) is 0. The quantitative estimate of drug-likeness (QED) is 0.760. The normalized spacial score (nSPS) is 10.8. The molecule has 4 nitrogen and oxygen atoms in total. The highest BCUT2D eigenvalue weighted by molar-refractivity contribution is 6.39. The van der Waals surface area contributed by atoms with Crippen LogP contribution in [0.5, 0.6) is 0 Å². The summed E-state index contributed by atoms with van der Waals surface area (Å²) in [5.41, 5.74) is -0.342. The number of carbonyl (C=O) groups excluding carboxylic acids is 2. The van der Waals surface area contributed by atoms with Crippen molar-refractivity contribution in [3.05, 3.63) is 69.5 Å². The maximum absolute atomic E-state index is 13.4. The monoisotopic (exact) mass is 324 g/mol. The molecule has 0 saturated carbocycles. The first-order valence-corrected chi connectivity index (χ1v) is 6.45. The maximum atomic E-state index is 13.4. The molecule has 0 unspecified atom stereocenters. The summed E-state index contributed by atoms with van der Waals surface area (Å²) < 4.78 is 13.4. The molecular weight excluding hydrogens is 318 g/mol. The lowest BCUT2D eigenvalue weighted by Gasteiger charge is -2.00. The fourth-order valence-electron chi connectivity index (χ4n) is 1.53. The summed E-state index contributed by atoms with van der Waals surface area (Å²) in [5, 5.41) is 6.60. The van der Waals surface area contributed by atoms with E-state index in [-0.39, 0.29) is 21.2 Å². The van der Waals surface area contributed by atoms with Crippen LogP contribution in [-0.4, -0.2) is 11.8 Å². The molecule has 0 N–H and O–H groups in total. The Morgan fingerprint density at radius 2 is 1.43 bits per heavy atom. The molecule has 0 atom stereocenters. The van der Waals surface area contributed by atoms with E-state index in [9.17, 15) is 14.0 Å². The van der Waals surface area contributed by atoms with Gasteiger partial charge in [-0.05, 0) is 24.3 Å². The third kappa shape index (κ3) is 3.51. The van der Waals surface area contributed by atoms with Gasteiger partial charge in [-0.15, -0.1) is 10.2 Å². The standard InChI is InChI=1S/C14H7Cl2FN2O2/c15-9-5-3-6-10(16)12(9)14(21)19-18-13(20)8-4-1-2-7-11(8)17/h1-7H. The highest BCUT2D eigenvalue weighted by Gasteiger charge is 2.15. The molecule has 21 heavy (non-hydrogen) atoms. The number of benzene rings is 2. The van der Waals surface area contributed by atoms with E-state index in [0.717, 1.165) is 6.07 Å². The Morgan fingerprint density at radius 3 is 2.05 bits per heavy atom. The molecule has 106 valence electrons. The molecule has 0 aliphatic rings. The van der Waals surface area contributed by atoms with Gasteiger partial charge in [-0.1, -0.05) is 41.4 Å². The van der Waals surface area contributed by atoms with Crippen LogP contribution in [0, 0.1) is 5.82 Å². The van der Waals surface area contributed by atoms with E-state index in [1.54, 1.807) is 6.07 Å². The van der Waals surface area contributed by atoms with E-state index in [4.69, 9.17) is 23.2 Å². The SMILES string of the molecule is O=C(N=NC(=O)c1c(Cl)cccc1Cl)c1ccccc1F. The van der Waals surface area contributed by atoms with Gasteiger partial charge in [-0.25, -0.2) is 4.39 Å². The van der Waals surface area contributed by atoms with Crippen LogP contribution >= 0.6 is 23.2 Å². The molecule has 0 radical (unpaired) electrons. The second-order valence-corrected chi connectivity index (χ2v) is 4.70. The lowest BCUT2D eigenvalue weighted by Crippen LogP contribution is -2.01. The summed E-state index contributed by atoms with van der Waals surface area (Å²) in [5.74, 6) is -2.59. The topological polar surface area (TPSA) is 58.9 Å². The average Bonchev–Trinajstić information content (AvgIpc) is 2.45. The Kier molecular flexibility index (Phi) is 4.77. The Balaban J connectivity index is 2.24. The van der Waals surface area contributed by atoms with Crippen molar-refractivity contribution in [1.82, 2.24) is 0 Å². The largest absolute Gasteiger partial charge is 0.298 e. The zero-order chi connectivity index (χ0) is 15.4. The van der Waals surface area contributed by atoms with E-state index < -0.39 is 17.6 Å². The summed E-state index contributed by atoms with van der Waals surface area (Å²) >= 11 is 11.7. The van der Waals surface area contributed by atoms with Crippen LogP contribution in [0.4, 0.5) is 4.39 Å². The molecule has 0 heterocycles. The van der Waals surface area contributed by atoms with Gasteiger partial charge in [0.05, 0.1) is 21.2 Å². The second kappa shape index (κ2) is 6.56. The number of hydrogen-bond acceptors (Lipinski definition) is 2. The molecule has 0 bridgehead atoms. The molecular formula is C14H7Cl2FN2O2. The van der Waals surface area contributed by atoms with Crippen molar-refractivity contribution in [2.24, 2.45) is 10.2 Å². The van der Waals surface area contributed by atoms with Gasteiger partial charge in [-0.3, -0.25) is 9.59 Å². The van der Waals surface area contributed by atoms with E-state index in [1.165, 1.54) is 30.3 Å². The van der Waals surface area contributed by atoms with Crippen LogP contribution in [0.3, 0.4) is 0 Å². The van der Waals surface area contributed by atoms with Gasteiger partial charge >= 0.3 is 0 Å². The number of nitrogens with zero attached hydrogens (tertiary/aromatic N) is 2. The van der Waals surface area contributed by atoms with Crippen LogP contribution < -0.4 is 0 Å². The summed E-state index contributed by atoms with van der Waals surface area (Å²) in [6.45, 7) is 0. The maximum Gasteiger partial charge on any atom is 0.298 e. The van der Waals surface area contributed by atoms with Crippen molar-refractivity contribution in [1.29, 1.82) is 0 Å². The fraction of sp³-hybridized carbons (Fsp3) is 0. The minimum atomic E-state index is -0.968. The molecule has 0 aliphatic carbocycles. The lowest BCUT2D eigenvalue weighted by atomic mass is 10.2. The summed E-state index contributed by atoms with van der Waals surface area (Å²) in [7, 11) is 0. The van der Waals surface area contributed by atoms with Crippen LogP contribution in [0.2, 0.25) is 10.0 Å². The molecule has 0 spiro atoms. The van der Waals surface area contributed by atoms with Gasteiger partial charge in [0.15, 0.2) is 0 Å². The van der Waals surface area contributed by atoms with Crippen molar-refractivity contribution in [2.45, 2.75) is 0 Å². The number of amides is 2. The van der Waals surface area contributed by atoms with Crippen molar-refractivity contribution in [2.75, 3.05) is 0 Å². The Hall–Kier alpha value is -2.11. The second-order valence-electron chi connectivity index (χ2n) is 3.89. The molecule has 0 fully saturated rings. The van der Waals surface area contributed by atoms with E-state index >= 15 is 0 Å². The smallest absolute Gasteiger partial charge is 0.265 e. The minimum Gasteiger partial charge on any atom is -0.265 e. The van der Waals surface area contributed by atoms with Crippen LogP contribution in [-0.2, 0) is 0 Å². The molecule has 0 aromatic heterocycles. The average molecular weight is 325 g/mol. The molecule has 2 aromatic rings. The summed E-state index contributed by atoms with van der Waals surface area (Å²) in [6.07, 6.45) is 0. The number of rotatable bonds is 2. The zero-order valence-electron chi connectivity index (χ0n) is 10.4. The van der Waals surface area contributed by atoms with E-state index in [0.29, 0.717) is 0 Å². The van der Waals surface area contributed by atoms with Gasteiger partial charge in [0, 0.05) is 0 Å². The van der Waals surface area contributed by atoms with Crippen molar-refractivity contribution < 1.29 is 14.0 Å². The van der Waals surface area contributed by atoms with Gasteiger partial charge in [0.2, 0.25) is 0 Å².